The van der Waals surface area contributed by atoms with Crippen molar-refractivity contribution >= 4 is 27.4 Å². The zero-order chi connectivity index (χ0) is 18.5. The molecule has 0 aliphatic rings. The highest BCUT2D eigenvalue weighted by Gasteiger charge is 2.12. The second-order valence-electron chi connectivity index (χ2n) is 5.91. The van der Waals surface area contributed by atoms with Crippen LogP contribution in [0.4, 0.5) is 5.69 Å². The van der Waals surface area contributed by atoms with Gasteiger partial charge in [-0.1, -0.05) is 40.2 Å². The van der Waals surface area contributed by atoms with E-state index in [1.165, 1.54) is 12.1 Å². The molecule has 0 aliphatic carbocycles. The number of aromatic nitrogens is 1. The number of carbonyl (C=O) groups is 1. The first kappa shape index (κ1) is 17.9. The first-order valence-electron chi connectivity index (χ1n) is 8.01. The van der Waals surface area contributed by atoms with Gasteiger partial charge in [-0.2, -0.15) is 4.57 Å². The van der Waals surface area contributed by atoms with Gasteiger partial charge in [0.15, 0.2) is 12.4 Å². The van der Waals surface area contributed by atoms with Crippen LogP contribution < -0.4 is 4.57 Å². The summed E-state index contributed by atoms with van der Waals surface area (Å²) in [4.78, 5) is 22.6. The average Bonchev–Trinajstić information content (AvgIpc) is 2.64. The van der Waals surface area contributed by atoms with Crippen LogP contribution in [0.5, 0.6) is 0 Å². The first-order valence-corrected chi connectivity index (χ1v) is 8.80. The lowest BCUT2D eigenvalue weighted by atomic mass is 10.1. The van der Waals surface area contributed by atoms with Gasteiger partial charge in [0.1, 0.15) is 0 Å². The number of nitrogens with zero attached hydrogens (tertiary/aromatic N) is 2. The van der Waals surface area contributed by atoms with Crippen LogP contribution in [0.2, 0.25) is 0 Å². The maximum atomic E-state index is 12.3. The Hall–Kier alpha value is -2.86. The molecule has 0 fully saturated rings. The van der Waals surface area contributed by atoms with Crippen LogP contribution in [0.1, 0.15) is 21.5 Å². The van der Waals surface area contributed by atoms with Gasteiger partial charge in [0.2, 0.25) is 12.3 Å². The molecule has 3 rings (SSSR count). The summed E-state index contributed by atoms with van der Waals surface area (Å²) in [5.74, 6) is 0.0469. The summed E-state index contributed by atoms with van der Waals surface area (Å²) in [5.41, 5.74) is 2.84. The number of carbonyl (C=O) groups excluding carboxylic acids is 1. The number of hydrogen-bond acceptors (Lipinski definition) is 3. The van der Waals surface area contributed by atoms with Crippen LogP contribution in [0.3, 0.4) is 0 Å². The second kappa shape index (κ2) is 8.01. The molecule has 1 aromatic heterocycles. The maximum absolute atomic E-state index is 12.3. The zero-order valence-corrected chi connectivity index (χ0v) is 15.4. The van der Waals surface area contributed by atoms with Crippen molar-refractivity contribution < 1.29 is 14.3 Å². The lowest BCUT2D eigenvalue weighted by molar-refractivity contribution is -0.683. The number of nitro groups is 1. The van der Waals surface area contributed by atoms with E-state index in [1.807, 2.05) is 41.2 Å². The molecule has 0 N–H and O–H groups in total. The number of halogens is 1. The van der Waals surface area contributed by atoms with Gasteiger partial charge in [-0.15, -0.1) is 0 Å². The van der Waals surface area contributed by atoms with Gasteiger partial charge in [-0.05, 0) is 29.7 Å². The minimum Gasteiger partial charge on any atom is -0.287 e. The number of rotatable bonds is 6. The average molecular weight is 412 g/mol. The summed E-state index contributed by atoms with van der Waals surface area (Å²) in [6.45, 7) is 0.277. The fourth-order valence-corrected chi connectivity index (χ4v) is 2.84. The number of non-ortho nitro benzene ring substituents is 1. The highest BCUT2D eigenvalue weighted by molar-refractivity contribution is 9.10. The van der Waals surface area contributed by atoms with E-state index < -0.39 is 4.92 Å². The van der Waals surface area contributed by atoms with E-state index in [1.54, 1.807) is 24.3 Å². The molecule has 130 valence electrons. The molecule has 0 spiro atoms. The molecule has 0 amide bonds. The van der Waals surface area contributed by atoms with Crippen molar-refractivity contribution in [3.63, 3.8) is 0 Å². The first-order chi connectivity index (χ1) is 12.5. The van der Waals surface area contributed by atoms with Crippen molar-refractivity contribution in [3.8, 4) is 0 Å². The fraction of sp³-hybridized carbons (Fsp3) is 0.100. The largest absolute Gasteiger partial charge is 0.287 e. The molecular formula is C20H16BrN2O3+. The van der Waals surface area contributed by atoms with Crippen molar-refractivity contribution in [2.75, 3.05) is 0 Å². The Morgan fingerprint density at radius 3 is 2.08 bits per heavy atom. The highest BCUT2D eigenvalue weighted by atomic mass is 79.9. The van der Waals surface area contributed by atoms with Crippen LogP contribution in [0.25, 0.3) is 0 Å². The van der Waals surface area contributed by atoms with Gasteiger partial charge >= 0.3 is 0 Å². The number of ketones is 1. The molecule has 5 nitrogen and oxygen atoms in total. The third-order valence-electron chi connectivity index (χ3n) is 4.01. The number of nitro benzene ring substituents is 1. The van der Waals surface area contributed by atoms with Crippen LogP contribution in [-0.4, -0.2) is 10.7 Å². The Morgan fingerprint density at radius 1 is 0.923 bits per heavy atom. The van der Waals surface area contributed by atoms with E-state index in [0.29, 0.717) is 12.0 Å². The second-order valence-corrected chi connectivity index (χ2v) is 6.82. The number of hydrogen-bond donors (Lipinski definition) is 0. The van der Waals surface area contributed by atoms with Crippen LogP contribution in [0, 0.1) is 10.1 Å². The summed E-state index contributed by atoms with van der Waals surface area (Å²) >= 11 is 3.36. The maximum Gasteiger partial charge on any atom is 0.269 e. The van der Waals surface area contributed by atoms with Crippen molar-refractivity contribution in [1.82, 2.24) is 0 Å². The van der Waals surface area contributed by atoms with Gasteiger partial charge in [0.05, 0.1) is 4.92 Å². The summed E-state index contributed by atoms with van der Waals surface area (Å²) in [7, 11) is 0. The normalized spacial score (nSPS) is 10.5. The van der Waals surface area contributed by atoms with E-state index >= 15 is 0 Å². The molecule has 3 aromatic rings. The topological polar surface area (TPSA) is 64.1 Å². The summed E-state index contributed by atoms with van der Waals surface area (Å²) in [5, 5.41) is 10.7. The number of benzene rings is 2. The summed E-state index contributed by atoms with van der Waals surface area (Å²) < 4.78 is 2.78. The molecule has 0 saturated heterocycles. The zero-order valence-electron chi connectivity index (χ0n) is 13.8. The van der Waals surface area contributed by atoms with Gasteiger partial charge in [0.25, 0.3) is 5.69 Å². The number of pyridine rings is 1. The Labute approximate surface area is 159 Å². The molecule has 6 heteroatoms. The highest BCUT2D eigenvalue weighted by Crippen LogP contribution is 2.15. The van der Waals surface area contributed by atoms with E-state index in [9.17, 15) is 14.9 Å². The smallest absolute Gasteiger partial charge is 0.269 e. The van der Waals surface area contributed by atoms with E-state index in [4.69, 9.17) is 0 Å². The van der Waals surface area contributed by atoms with E-state index in [0.717, 1.165) is 15.6 Å². The quantitative estimate of drug-likeness (QED) is 0.265. The minimum absolute atomic E-state index is 0.0469. The predicted molar refractivity (Wildman–Crippen MR) is 101 cm³/mol. The van der Waals surface area contributed by atoms with Crippen LogP contribution >= 0.6 is 15.9 Å². The summed E-state index contributed by atoms with van der Waals surface area (Å²) in [6.07, 6.45) is 4.43. The van der Waals surface area contributed by atoms with Crippen LogP contribution in [-0.2, 0) is 13.0 Å². The van der Waals surface area contributed by atoms with Gasteiger partial charge in [-0.3, -0.25) is 14.9 Å². The molecule has 0 atom stereocenters. The van der Waals surface area contributed by atoms with Crippen LogP contribution in [0.15, 0.2) is 77.5 Å². The number of Topliss-reactive ketones (excluding diaryl/α,β-unsaturated/α-hetero) is 1. The molecule has 0 bridgehead atoms. The predicted octanol–water partition coefficient (Wildman–Crippen LogP) is 4.12. The van der Waals surface area contributed by atoms with Crippen molar-refractivity contribution in [3.05, 3.63) is 104 Å². The third kappa shape index (κ3) is 4.61. The monoisotopic (exact) mass is 411 g/mol. The molecule has 0 saturated carbocycles. The fourth-order valence-electron chi connectivity index (χ4n) is 2.58. The van der Waals surface area contributed by atoms with Crippen molar-refractivity contribution in [1.29, 1.82) is 0 Å². The Morgan fingerprint density at radius 2 is 1.50 bits per heavy atom. The Bertz CT molecular complexity index is 921. The molecule has 2 aromatic carbocycles. The lowest BCUT2D eigenvalue weighted by Gasteiger charge is -2.02. The Kier molecular flexibility index (Phi) is 5.53. The molecule has 0 radical (unpaired) electrons. The summed E-state index contributed by atoms with van der Waals surface area (Å²) in [6, 6.07) is 17.8. The van der Waals surface area contributed by atoms with Gasteiger partial charge in [-0.25, -0.2) is 0 Å². The van der Waals surface area contributed by atoms with Crippen molar-refractivity contribution in [2.24, 2.45) is 0 Å². The Balaban J connectivity index is 1.63. The molecule has 0 aliphatic heterocycles. The van der Waals surface area contributed by atoms with Crippen molar-refractivity contribution in [2.45, 2.75) is 13.0 Å². The molecular weight excluding hydrogens is 396 g/mol. The third-order valence-corrected chi connectivity index (χ3v) is 4.54. The minimum atomic E-state index is -0.405. The van der Waals surface area contributed by atoms with E-state index in [-0.39, 0.29) is 18.0 Å². The van der Waals surface area contributed by atoms with Gasteiger partial charge < -0.3 is 0 Å². The molecule has 1 heterocycles. The van der Waals surface area contributed by atoms with Gasteiger partial charge in [0, 0.05) is 34.3 Å². The van der Waals surface area contributed by atoms with E-state index in [2.05, 4.69) is 15.9 Å². The molecule has 0 unspecified atom stereocenters. The standard InChI is InChI=1S/C20H16BrN2O3/c21-18-5-3-17(4-6-18)20(24)14-22-11-9-16(10-12-22)13-15-1-7-19(8-2-15)23(25)26/h1-12H,13-14H2/q+1. The lowest BCUT2D eigenvalue weighted by Crippen LogP contribution is -2.37. The SMILES string of the molecule is O=C(C[n+]1ccc(Cc2ccc([N+](=O)[O-])cc2)cc1)c1ccc(Br)cc1. The molecule has 26 heavy (non-hydrogen) atoms.